The van der Waals surface area contributed by atoms with Crippen LogP contribution in [0.2, 0.25) is 0 Å². The van der Waals surface area contributed by atoms with E-state index < -0.39 is 0 Å². The molecule has 0 aromatic carbocycles. The Kier molecular flexibility index (Phi) is 4.73. The predicted octanol–water partition coefficient (Wildman–Crippen LogP) is 2.70. The van der Waals surface area contributed by atoms with Crippen molar-refractivity contribution < 1.29 is 0 Å². The van der Waals surface area contributed by atoms with Gasteiger partial charge in [-0.3, -0.25) is 0 Å². The minimum Gasteiger partial charge on any atom is -0.353 e. The summed E-state index contributed by atoms with van der Waals surface area (Å²) in [6.45, 7) is 4.07. The molecule has 4 nitrogen and oxygen atoms in total. The van der Waals surface area contributed by atoms with Crippen LogP contribution in [0, 0.1) is 5.92 Å². The van der Waals surface area contributed by atoms with Gasteiger partial charge >= 0.3 is 0 Å². The number of aromatic nitrogens is 2. The van der Waals surface area contributed by atoms with E-state index in [1.807, 2.05) is 0 Å². The highest BCUT2D eigenvalue weighted by Crippen LogP contribution is 2.34. The van der Waals surface area contributed by atoms with E-state index in [9.17, 15) is 0 Å². The molecule has 1 aromatic rings. The number of rotatable bonds is 4. The summed E-state index contributed by atoms with van der Waals surface area (Å²) in [6.07, 6.45) is 11.7. The van der Waals surface area contributed by atoms with Crippen molar-refractivity contribution in [2.45, 2.75) is 64.3 Å². The lowest BCUT2D eigenvalue weighted by Crippen LogP contribution is -2.41. The molecule has 0 amide bonds. The second kappa shape index (κ2) is 6.73. The van der Waals surface area contributed by atoms with Gasteiger partial charge in [0, 0.05) is 23.8 Å². The fraction of sp³-hybridized carbons (Fsp3) is 0.765. The van der Waals surface area contributed by atoms with E-state index in [-0.39, 0.29) is 0 Å². The van der Waals surface area contributed by atoms with E-state index in [0.717, 1.165) is 25.9 Å². The molecule has 0 spiro atoms. The van der Waals surface area contributed by atoms with Gasteiger partial charge in [0.05, 0.1) is 0 Å². The van der Waals surface area contributed by atoms with E-state index in [1.54, 1.807) is 6.33 Å². The molecule has 2 unspecified atom stereocenters. The zero-order valence-electron chi connectivity index (χ0n) is 13.2. The summed E-state index contributed by atoms with van der Waals surface area (Å²) in [7, 11) is 0. The average molecular weight is 288 g/mol. The van der Waals surface area contributed by atoms with Crippen LogP contribution < -0.4 is 10.6 Å². The smallest absolute Gasteiger partial charge is 0.135 e. The van der Waals surface area contributed by atoms with Crippen LogP contribution in [-0.4, -0.2) is 29.1 Å². The normalized spacial score (nSPS) is 25.4. The molecular weight excluding hydrogens is 260 g/mol. The van der Waals surface area contributed by atoms with Crippen molar-refractivity contribution in [3.8, 4) is 0 Å². The highest BCUT2D eigenvalue weighted by molar-refractivity contribution is 5.50. The molecule has 2 aliphatic rings. The summed E-state index contributed by atoms with van der Waals surface area (Å²) in [5.41, 5.74) is 8.70. The Balaban J connectivity index is 1.93. The van der Waals surface area contributed by atoms with Gasteiger partial charge in [-0.05, 0) is 57.9 Å². The minimum atomic E-state index is 0.572. The second-order valence-corrected chi connectivity index (χ2v) is 6.46. The van der Waals surface area contributed by atoms with E-state index in [2.05, 4.69) is 16.8 Å². The van der Waals surface area contributed by atoms with E-state index in [1.165, 1.54) is 55.6 Å². The highest BCUT2D eigenvalue weighted by Gasteiger charge is 2.32. The van der Waals surface area contributed by atoms with Gasteiger partial charge in [0.25, 0.3) is 0 Å². The Labute approximate surface area is 128 Å². The summed E-state index contributed by atoms with van der Waals surface area (Å²) in [6, 6.07) is 0.572. The molecule has 1 saturated carbocycles. The van der Waals surface area contributed by atoms with E-state index in [4.69, 9.17) is 10.7 Å². The number of aryl methyl sites for hydroxylation is 1. The van der Waals surface area contributed by atoms with Crippen LogP contribution in [0.15, 0.2) is 6.33 Å². The lowest BCUT2D eigenvalue weighted by Gasteiger charge is -2.34. The van der Waals surface area contributed by atoms with Gasteiger partial charge in [0.2, 0.25) is 0 Å². The number of nitrogens with zero attached hydrogens (tertiary/aromatic N) is 3. The third-order valence-electron chi connectivity index (χ3n) is 5.29. The molecule has 1 heterocycles. The van der Waals surface area contributed by atoms with Crippen LogP contribution in [-0.2, 0) is 12.8 Å². The fourth-order valence-corrected chi connectivity index (χ4v) is 4.17. The van der Waals surface area contributed by atoms with Crippen LogP contribution in [0.25, 0.3) is 0 Å². The van der Waals surface area contributed by atoms with Crippen molar-refractivity contribution in [2.75, 3.05) is 18.0 Å². The summed E-state index contributed by atoms with van der Waals surface area (Å²) in [5, 5.41) is 0. The zero-order chi connectivity index (χ0) is 14.7. The van der Waals surface area contributed by atoms with Crippen molar-refractivity contribution in [1.29, 1.82) is 0 Å². The van der Waals surface area contributed by atoms with Crippen molar-refractivity contribution >= 4 is 5.82 Å². The molecule has 116 valence electrons. The third kappa shape index (κ3) is 2.91. The van der Waals surface area contributed by atoms with E-state index >= 15 is 0 Å². The monoisotopic (exact) mass is 288 g/mol. The van der Waals surface area contributed by atoms with Crippen molar-refractivity contribution in [3.05, 3.63) is 17.6 Å². The second-order valence-electron chi connectivity index (χ2n) is 6.46. The van der Waals surface area contributed by atoms with Gasteiger partial charge in [-0.15, -0.1) is 0 Å². The lowest BCUT2D eigenvalue weighted by molar-refractivity contribution is 0.458. The fourth-order valence-electron chi connectivity index (χ4n) is 4.17. The summed E-state index contributed by atoms with van der Waals surface area (Å²) < 4.78 is 0. The Morgan fingerprint density at radius 3 is 2.81 bits per heavy atom. The first kappa shape index (κ1) is 14.8. The third-order valence-corrected chi connectivity index (χ3v) is 5.29. The standard InChI is InChI=1S/C17H28N4/c1-2-21(16-10-6-7-13(16)11-18)17-14-8-4-3-5-9-15(14)19-12-20-17/h12-13,16H,2-11,18H2,1H3. The van der Waals surface area contributed by atoms with Gasteiger partial charge in [-0.2, -0.15) is 0 Å². The molecule has 0 bridgehead atoms. The van der Waals surface area contributed by atoms with Crippen LogP contribution in [0.5, 0.6) is 0 Å². The maximum atomic E-state index is 6.00. The maximum absolute atomic E-state index is 6.00. The molecule has 2 atom stereocenters. The van der Waals surface area contributed by atoms with E-state index in [0.29, 0.717) is 12.0 Å². The Morgan fingerprint density at radius 2 is 2.00 bits per heavy atom. The van der Waals surface area contributed by atoms with Crippen LogP contribution in [0.4, 0.5) is 5.82 Å². The first-order valence-electron chi connectivity index (χ1n) is 8.64. The highest BCUT2D eigenvalue weighted by atomic mass is 15.2. The largest absolute Gasteiger partial charge is 0.353 e. The Bertz CT molecular complexity index is 474. The van der Waals surface area contributed by atoms with Crippen molar-refractivity contribution in [2.24, 2.45) is 11.7 Å². The molecule has 0 radical (unpaired) electrons. The summed E-state index contributed by atoms with van der Waals surface area (Å²) in [5.74, 6) is 1.83. The SMILES string of the molecule is CCN(c1ncnc2c1CCCCC2)C1CCCC1CN. The zero-order valence-corrected chi connectivity index (χ0v) is 13.2. The number of hydrogen-bond donors (Lipinski definition) is 1. The number of anilines is 1. The molecule has 1 aromatic heterocycles. The molecule has 2 N–H and O–H groups in total. The van der Waals surface area contributed by atoms with Crippen LogP contribution in [0.3, 0.4) is 0 Å². The first-order chi connectivity index (χ1) is 10.3. The summed E-state index contributed by atoms with van der Waals surface area (Å²) in [4.78, 5) is 11.8. The molecule has 21 heavy (non-hydrogen) atoms. The average Bonchev–Trinajstić information content (AvgIpc) is 2.84. The molecule has 0 saturated heterocycles. The topological polar surface area (TPSA) is 55.0 Å². The quantitative estimate of drug-likeness (QED) is 0.866. The van der Waals surface area contributed by atoms with Crippen molar-refractivity contribution in [1.82, 2.24) is 9.97 Å². The molecular formula is C17H28N4. The van der Waals surface area contributed by atoms with Gasteiger partial charge < -0.3 is 10.6 Å². The lowest BCUT2D eigenvalue weighted by atomic mass is 10.0. The van der Waals surface area contributed by atoms with Gasteiger partial charge in [0.1, 0.15) is 12.1 Å². The van der Waals surface area contributed by atoms with Gasteiger partial charge in [0.15, 0.2) is 0 Å². The first-order valence-corrected chi connectivity index (χ1v) is 8.64. The number of nitrogens with two attached hydrogens (primary N) is 1. The number of hydrogen-bond acceptors (Lipinski definition) is 4. The molecule has 4 heteroatoms. The molecule has 3 rings (SSSR count). The molecule has 1 fully saturated rings. The Morgan fingerprint density at radius 1 is 1.14 bits per heavy atom. The maximum Gasteiger partial charge on any atom is 0.135 e. The van der Waals surface area contributed by atoms with Crippen LogP contribution >= 0.6 is 0 Å². The predicted molar refractivity (Wildman–Crippen MR) is 86.5 cm³/mol. The van der Waals surface area contributed by atoms with Crippen molar-refractivity contribution in [3.63, 3.8) is 0 Å². The van der Waals surface area contributed by atoms with Gasteiger partial charge in [-0.25, -0.2) is 9.97 Å². The molecule has 0 aliphatic heterocycles. The number of fused-ring (bicyclic) bond motifs is 1. The van der Waals surface area contributed by atoms with Gasteiger partial charge in [-0.1, -0.05) is 12.8 Å². The molecule has 2 aliphatic carbocycles. The summed E-state index contributed by atoms with van der Waals surface area (Å²) >= 11 is 0. The van der Waals surface area contributed by atoms with Crippen LogP contribution in [0.1, 0.15) is 56.7 Å². The minimum absolute atomic E-state index is 0.572. The Hall–Kier alpha value is -1.16.